The number of aryl methyl sites for hydroxylation is 1. The van der Waals surface area contributed by atoms with Gasteiger partial charge in [0.1, 0.15) is 5.75 Å². The van der Waals surface area contributed by atoms with E-state index >= 15 is 0 Å². The highest BCUT2D eigenvalue weighted by atomic mass is 32.2. The molecule has 4 nitrogen and oxygen atoms in total. The Kier molecular flexibility index (Phi) is 6.50. The normalized spacial score (nSPS) is 13.1. The lowest BCUT2D eigenvalue weighted by molar-refractivity contribution is 0.414. The van der Waals surface area contributed by atoms with E-state index in [0.717, 1.165) is 16.7 Å². The summed E-state index contributed by atoms with van der Waals surface area (Å²) in [6.45, 7) is 8.74. The second-order valence-corrected chi connectivity index (χ2v) is 15.2. The molecule has 158 valence electrons. The van der Waals surface area contributed by atoms with Crippen molar-refractivity contribution in [3.8, 4) is 5.75 Å². The van der Waals surface area contributed by atoms with Crippen LogP contribution in [-0.4, -0.2) is 23.6 Å². The van der Waals surface area contributed by atoms with Crippen LogP contribution in [0.4, 0.5) is 0 Å². The Morgan fingerprint density at radius 2 is 1.57 bits per heavy atom. The van der Waals surface area contributed by atoms with Gasteiger partial charge in [-0.1, -0.05) is 78.9 Å². The smallest absolute Gasteiger partial charge is 0.241 e. The van der Waals surface area contributed by atoms with Gasteiger partial charge in [-0.05, 0) is 42.3 Å². The highest BCUT2D eigenvalue weighted by Crippen LogP contribution is 2.28. The molecule has 0 aliphatic rings. The van der Waals surface area contributed by atoms with Crippen LogP contribution in [0.2, 0.25) is 19.6 Å². The fourth-order valence-corrected chi connectivity index (χ4v) is 6.40. The third kappa shape index (κ3) is 5.01. The molecule has 1 atom stereocenters. The summed E-state index contributed by atoms with van der Waals surface area (Å²) < 4.78 is 34.9. The number of benzene rings is 3. The zero-order chi connectivity index (χ0) is 21.9. The number of hydrogen-bond donors (Lipinski definition) is 1. The van der Waals surface area contributed by atoms with E-state index in [-0.39, 0.29) is 4.90 Å². The van der Waals surface area contributed by atoms with Crippen LogP contribution in [0.5, 0.6) is 5.75 Å². The lowest BCUT2D eigenvalue weighted by Crippen LogP contribution is -2.43. The Labute approximate surface area is 181 Å². The topological polar surface area (TPSA) is 55.4 Å². The molecule has 0 unspecified atom stereocenters. The minimum Gasteiger partial charge on any atom is -0.497 e. The molecule has 3 rings (SSSR count). The number of rotatable bonds is 7. The number of hydrogen-bond acceptors (Lipinski definition) is 3. The Balaban J connectivity index is 2.15. The van der Waals surface area contributed by atoms with Gasteiger partial charge in [-0.3, -0.25) is 0 Å². The first-order valence-electron chi connectivity index (χ1n) is 9.94. The van der Waals surface area contributed by atoms with Gasteiger partial charge in [0, 0.05) is 0 Å². The van der Waals surface area contributed by atoms with E-state index < -0.39 is 24.1 Å². The first-order chi connectivity index (χ1) is 14.1. The van der Waals surface area contributed by atoms with E-state index in [1.165, 1.54) is 5.19 Å². The molecule has 0 saturated carbocycles. The van der Waals surface area contributed by atoms with Crippen LogP contribution in [0.1, 0.15) is 22.7 Å². The minimum atomic E-state index is -3.73. The van der Waals surface area contributed by atoms with Gasteiger partial charge >= 0.3 is 0 Å². The summed E-state index contributed by atoms with van der Waals surface area (Å²) in [6, 6.07) is 22.1. The monoisotopic (exact) mass is 439 g/mol. The molecule has 0 radical (unpaired) electrons. The molecule has 0 bridgehead atoms. The van der Waals surface area contributed by atoms with Crippen molar-refractivity contribution in [2.45, 2.75) is 37.5 Å². The molecule has 3 aromatic rings. The lowest BCUT2D eigenvalue weighted by Gasteiger charge is -2.27. The number of nitrogens with one attached hydrogen (secondary N) is 1. The van der Waals surface area contributed by atoms with Crippen molar-refractivity contribution in [1.29, 1.82) is 0 Å². The molecule has 0 amide bonds. The summed E-state index contributed by atoms with van der Waals surface area (Å²) in [7, 11) is -3.84. The van der Waals surface area contributed by atoms with Crippen molar-refractivity contribution in [3.63, 3.8) is 0 Å². The van der Waals surface area contributed by atoms with Crippen molar-refractivity contribution >= 4 is 23.3 Å². The molecular weight excluding hydrogens is 410 g/mol. The van der Waals surface area contributed by atoms with Crippen LogP contribution in [0, 0.1) is 6.92 Å². The molecule has 1 N–H and O–H groups in total. The molecule has 0 spiro atoms. The van der Waals surface area contributed by atoms with Gasteiger partial charge in [0.05, 0.1) is 26.1 Å². The zero-order valence-corrected chi connectivity index (χ0v) is 20.0. The molecule has 30 heavy (non-hydrogen) atoms. The summed E-state index contributed by atoms with van der Waals surface area (Å²) in [4.78, 5) is 0.256. The van der Waals surface area contributed by atoms with E-state index in [9.17, 15) is 8.42 Å². The standard InChI is InChI=1S/C24H29NO3SSi/c1-18-13-15-21(16-14-18)29(26,27)25-24(19-9-8-10-20(17-19)28-2)22-11-6-7-12-23(22)30(3,4)5/h6-17,24-25H,1-5H3/t24-/m0/s1. The van der Waals surface area contributed by atoms with E-state index in [1.807, 2.05) is 61.5 Å². The summed E-state index contributed by atoms with van der Waals surface area (Å²) >= 11 is 0. The average Bonchev–Trinajstić information content (AvgIpc) is 2.72. The molecule has 0 saturated heterocycles. The second kappa shape index (κ2) is 8.76. The Morgan fingerprint density at radius 3 is 2.20 bits per heavy atom. The lowest BCUT2D eigenvalue weighted by atomic mass is 9.99. The largest absolute Gasteiger partial charge is 0.497 e. The fourth-order valence-electron chi connectivity index (χ4n) is 3.50. The van der Waals surface area contributed by atoms with Crippen LogP contribution in [0.3, 0.4) is 0 Å². The molecule has 0 aliphatic heterocycles. The summed E-state index contributed by atoms with van der Waals surface area (Å²) in [6.07, 6.45) is 0. The molecule has 0 heterocycles. The van der Waals surface area contributed by atoms with Crippen LogP contribution >= 0.6 is 0 Å². The summed E-state index contributed by atoms with van der Waals surface area (Å²) in [5.74, 6) is 0.692. The first kappa shape index (κ1) is 22.3. The maximum atomic E-state index is 13.3. The second-order valence-electron chi connectivity index (χ2n) is 8.48. The predicted octanol–water partition coefficient (Wildman–Crippen LogP) is 4.62. The highest BCUT2D eigenvalue weighted by Gasteiger charge is 2.29. The van der Waals surface area contributed by atoms with Crippen molar-refractivity contribution < 1.29 is 13.2 Å². The quantitative estimate of drug-likeness (QED) is 0.547. The first-order valence-corrected chi connectivity index (χ1v) is 14.9. The molecule has 0 aromatic heterocycles. The Morgan fingerprint density at radius 1 is 0.900 bits per heavy atom. The average molecular weight is 440 g/mol. The molecule has 0 aliphatic carbocycles. The molecular formula is C24H29NO3SSi. The third-order valence-electron chi connectivity index (χ3n) is 5.11. The Hall–Kier alpha value is -2.41. The number of sulfonamides is 1. The van der Waals surface area contributed by atoms with Crippen LogP contribution in [-0.2, 0) is 10.0 Å². The van der Waals surface area contributed by atoms with Crippen LogP contribution in [0.25, 0.3) is 0 Å². The van der Waals surface area contributed by atoms with Gasteiger partial charge in [0.25, 0.3) is 0 Å². The third-order valence-corrected chi connectivity index (χ3v) is 8.62. The van der Waals surface area contributed by atoms with E-state index in [0.29, 0.717) is 5.75 Å². The number of ether oxygens (including phenoxy) is 1. The zero-order valence-electron chi connectivity index (χ0n) is 18.1. The van der Waals surface area contributed by atoms with Crippen molar-refractivity contribution in [2.75, 3.05) is 7.11 Å². The maximum absolute atomic E-state index is 13.3. The van der Waals surface area contributed by atoms with Crippen LogP contribution in [0.15, 0.2) is 77.7 Å². The molecule has 3 aromatic carbocycles. The van der Waals surface area contributed by atoms with Gasteiger partial charge in [0.15, 0.2) is 0 Å². The van der Waals surface area contributed by atoms with Gasteiger partial charge in [-0.2, -0.15) is 4.72 Å². The van der Waals surface area contributed by atoms with Crippen LogP contribution < -0.4 is 14.6 Å². The fraction of sp³-hybridized carbons (Fsp3) is 0.250. The van der Waals surface area contributed by atoms with Gasteiger partial charge in [-0.15, -0.1) is 0 Å². The Bertz CT molecular complexity index is 1120. The summed E-state index contributed by atoms with van der Waals surface area (Å²) in [5.41, 5.74) is 2.85. The van der Waals surface area contributed by atoms with Gasteiger partial charge in [0.2, 0.25) is 10.0 Å². The highest BCUT2D eigenvalue weighted by molar-refractivity contribution is 7.89. The van der Waals surface area contributed by atoms with Gasteiger partial charge < -0.3 is 4.74 Å². The molecule has 6 heteroatoms. The number of methoxy groups -OCH3 is 1. The van der Waals surface area contributed by atoms with E-state index in [2.05, 4.69) is 30.4 Å². The minimum absolute atomic E-state index is 0.256. The van der Waals surface area contributed by atoms with Gasteiger partial charge in [-0.25, -0.2) is 8.42 Å². The van der Waals surface area contributed by atoms with Crippen molar-refractivity contribution in [1.82, 2.24) is 4.72 Å². The van der Waals surface area contributed by atoms with E-state index in [4.69, 9.17) is 4.74 Å². The summed E-state index contributed by atoms with van der Waals surface area (Å²) in [5, 5.41) is 1.23. The molecule has 0 fully saturated rings. The SMILES string of the molecule is COc1cccc([C@H](NS(=O)(=O)c2ccc(C)cc2)c2ccccc2[Si](C)(C)C)c1. The maximum Gasteiger partial charge on any atom is 0.241 e. The van der Waals surface area contributed by atoms with Crippen molar-refractivity contribution in [3.05, 3.63) is 89.5 Å². The predicted molar refractivity (Wildman–Crippen MR) is 126 cm³/mol. The van der Waals surface area contributed by atoms with Crippen molar-refractivity contribution in [2.24, 2.45) is 0 Å². The van der Waals surface area contributed by atoms with E-state index in [1.54, 1.807) is 19.2 Å².